The molecule has 2 rings (SSSR count). The van der Waals surface area contributed by atoms with Crippen LogP contribution < -0.4 is 10.1 Å². The van der Waals surface area contributed by atoms with Crippen LogP contribution in [0.1, 0.15) is 25.3 Å². The molecule has 0 aliphatic carbocycles. The van der Waals surface area contributed by atoms with E-state index in [1.807, 2.05) is 6.92 Å². The molecule has 0 atom stereocenters. The normalized spacial score (nSPS) is 16.4. The lowest BCUT2D eigenvalue weighted by Gasteiger charge is -2.07. The van der Waals surface area contributed by atoms with E-state index in [2.05, 4.69) is 35.7 Å². The lowest BCUT2D eigenvalue weighted by atomic mass is 10.0. The zero-order valence-corrected chi connectivity index (χ0v) is 9.83. The Balaban J connectivity index is 2.10. The Hall–Kier alpha value is -1.28. The second kappa shape index (κ2) is 5.71. The Morgan fingerprint density at radius 2 is 2.00 bits per heavy atom. The summed E-state index contributed by atoms with van der Waals surface area (Å²) in [5.74, 6) is 0.957. The van der Waals surface area contributed by atoms with Crippen molar-refractivity contribution < 1.29 is 4.74 Å². The van der Waals surface area contributed by atoms with Crippen LogP contribution in [0.15, 0.2) is 30.3 Å². The third-order valence-electron chi connectivity index (χ3n) is 2.82. The highest BCUT2D eigenvalue weighted by molar-refractivity contribution is 5.66. The molecule has 1 aliphatic rings. The lowest BCUT2D eigenvalue weighted by molar-refractivity contribution is 0.340. The predicted molar refractivity (Wildman–Crippen MR) is 67.7 cm³/mol. The maximum atomic E-state index is 5.44. The number of hydrogen-bond acceptors (Lipinski definition) is 2. The second-order valence-corrected chi connectivity index (χ2v) is 3.98. The third-order valence-corrected chi connectivity index (χ3v) is 2.82. The first-order chi connectivity index (χ1) is 7.90. The highest BCUT2D eigenvalue weighted by Crippen LogP contribution is 2.22. The van der Waals surface area contributed by atoms with Gasteiger partial charge in [-0.25, -0.2) is 0 Å². The number of hydrogen-bond donors (Lipinski definition) is 1. The third kappa shape index (κ3) is 2.86. The first-order valence-electron chi connectivity index (χ1n) is 6.03. The molecule has 0 bridgehead atoms. The molecule has 1 aliphatic heterocycles. The summed E-state index contributed by atoms with van der Waals surface area (Å²) in [5, 5.41) is 3.40. The zero-order chi connectivity index (χ0) is 11.2. The van der Waals surface area contributed by atoms with Crippen molar-refractivity contribution in [1.29, 1.82) is 0 Å². The SMILES string of the molecule is CCOc1ccc(C2=CCCNCC2)cc1. The monoisotopic (exact) mass is 217 g/mol. The van der Waals surface area contributed by atoms with E-state index in [-0.39, 0.29) is 0 Å². The van der Waals surface area contributed by atoms with Crippen molar-refractivity contribution >= 4 is 5.57 Å². The molecule has 1 aromatic carbocycles. The number of rotatable bonds is 3. The van der Waals surface area contributed by atoms with Gasteiger partial charge in [-0.15, -0.1) is 0 Å². The van der Waals surface area contributed by atoms with Crippen molar-refractivity contribution in [3.63, 3.8) is 0 Å². The molecule has 0 saturated heterocycles. The molecule has 1 heterocycles. The largest absolute Gasteiger partial charge is 0.494 e. The summed E-state index contributed by atoms with van der Waals surface area (Å²) < 4.78 is 5.44. The van der Waals surface area contributed by atoms with E-state index in [9.17, 15) is 0 Å². The molecule has 0 aromatic heterocycles. The van der Waals surface area contributed by atoms with E-state index < -0.39 is 0 Å². The zero-order valence-electron chi connectivity index (χ0n) is 9.83. The molecule has 0 spiro atoms. The van der Waals surface area contributed by atoms with Gasteiger partial charge in [0.1, 0.15) is 5.75 Å². The summed E-state index contributed by atoms with van der Waals surface area (Å²) in [6, 6.07) is 8.42. The van der Waals surface area contributed by atoms with Crippen LogP contribution in [0.25, 0.3) is 5.57 Å². The van der Waals surface area contributed by atoms with Gasteiger partial charge in [-0.3, -0.25) is 0 Å². The summed E-state index contributed by atoms with van der Waals surface area (Å²) in [6.45, 7) is 4.92. The molecule has 1 N–H and O–H groups in total. The van der Waals surface area contributed by atoms with Gasteiger partial charge >= 0.3 is 0 Å². The minimum Gasteiger partial charge on any atom is -0.494 e. The minimum absolute atomic E-state index is 0.728. The standard InChI is InChI=1S/C14H19NO/c1-2-16-14-7-5-13(6-8-14)12-4-3-10-15-11-9-12/h4-8,15H,2-3,9-11H2,1H3. The molecular formula is C14H19NO. The van der Waals surface area contributed by atoms with E-state index in [1.165, 1.54) is 11.1 Å². The Morgan fingerprint density at radius 3 is 2.75 bits per heavy atom. The fourth-order valence-corrected chi connectivity index (χ4v) is 1.99. The molecule has 0 amide bonds. The molecule has 0 radical (unpaired) electrons. The predicted octanol–water partition coefficient (Wildman–Crippen LogP) is 2.85. The highest BCUT2D eigenvalue weighted by Gasteiger charge is 2.04. The van der Waals surface area contributed by atoms with Gasteiger partial charge in [0.15, 0.2) is 0 Å². The summed E-state index contributed by atoms with van der Waals surface area (Å²) in [6.07, 6.45) is 4.59. The lowest BCUT2D eigenvalue weighted by Crippen LogP contribution is -2.13. The van der Waals surface area contributed by atoms with E-state index >= 15 is 0 Å². The van der Waals surface area contributed by atoms with Gasteiger partial charge in [-0.05, 0) is 56.1 Å². The van der Waals surface area contributed by atoms with Crippen LogP contribution in [0, 0.1) is 0 Å². The van der Waals surface area contributed by atoms with Crippen LogP contribution in [0.4, 0.5) is 0 Å². The van der Waals surface area contributed by atoms with Gasteiger partial charge in [-0.2, -0.15) is 0 Å². The Kier molecular flexibility index (Phi) is 4.00. The molecule has 1 aromatic rings. The van der Waals surface area contributed by atoms with Crippen LogP contribution in [0.2, 0.25) is 0 Å². The minimum atomic E-state index is 0.728. The molecule has 16 heavy (non-hydrogen) atoms. The number of ether oxygens (including phenoxy) is 1. The van der Waals surface area contributed by atoms with Crippen molar-refractivity contribution in [3.05, 3.63) is 35.9 Å². The van der Waals surface area contributed by atoms with Gasteiger partial charge in [0.2, 0.25) is 0 Å². The summed E-state index contributed by atoms with van der Waals surface area (Å²) in [4.78, 5) is 0. The molecule has 86 valence electrons. The molecule has 0 saturated carbocycles. The van der Waals surface area contributed by atoms with Gasteiger partial charge < -0.3 is 10.1 Å². The molecule has 0 fully saturated rings. The molecule has 0 unspecified atom stereocenters. The van der Waals surface area contributed by atoms with Gasteiger partial charge in [0.05, 0.1) is 6.61 Å². The Labute approximate surface area is 97.3 Å². The topological polar surface area (TPSA) is 21.3 Å². The smallest absolute Gasteiger partial charge is 0.119 e. The van der Waals surface area contributed by atoms with Crippen molar-refractivity contribution in [3.8, 4) is 5.75 Å². The quantitative estimate of drug-likeness (QED) is 0.840. The second-order valence-electron chi connectivity index (χ2n) is 3.98. The number of nitrogens with one attached hydrogen (secondary N) is 1. The van der Waals surface area contributed by atoms with Crippen molar-refractivity contribution in [2.45, 2.75) is 19.8 Å². The van der Waals surface area contributed by atoms with Crippen LogP contribution in [0.3, 0.4) is 0 Å². The summed E-state index contributed by atoms with van der Waals surface area (Å²) in [5.41, 5.74) is 2.78. The fraction of sp³-hybridized carbons (Fsp3) is 0.429. The van der Waals surface area contributed by atoms with E-state index in [0.29, 0.717) is 0 Å². The maximum Gasteiger partial charge on any atom is 0.119 e. The van der Waals surface area contributed by atoms with Crippen molar-refractivity contribution in [2.75, 3.05) is 19.7 Å². The fourth-order valence-electron chi connectivity index (χ4n) is 1.99. The van der Waals surface area contributed by atoms with Crippen LogP contribution in [-0.2, 0) is 0 Å². The van der Waals surface area contributed by atoms with Crippen molar-refractivity contribution in [2.24, 2.45) is 0 Å². The summed E-state index contributed by atoms with van der Waals surface area (Å²) >= 11 is 0. The first kappa shape index (κ1) is 11.2. The van der Waals surface area contributed by atoms with Crippen LogP contribution >= 0.6 is 0 Å². The number of benzene rings is 1. The molecule has 2 heteroatoms. The molecule has 2 nitrogen and oxygen atoms in total. The Morgan fingerprint density at radius 1 is 1.19 bits per heavy atom. The maximum absolute atomic E-state index is 5.44. The van der Waals surface area contributed by atoms with E-state index in [1.54, 1.807) is 0 Å². The van der Waals surface area contributed by atoms with Crippen LogP contribution in [-0.4, -0.2) is 19.7 Å². The van der Waals surface area contributed by atoms with Gasteiger partial charge in [-0.1, -0.05) is 18.2 Å². The van der Waals surface area contributed by atoms with E-state index in [0.717, 1.165) is 38.3 Å². The Bertz CT molecular complexity index is 354. The molecular weight excluding hydrogens is 198 g/mol. The first-order valence-corrected chi connectivity index (χ1v) is 6.03. The summed E-state index contributed by atoms with van der Waals surface area (Å²) in [7, 11) is 0. The van der Waals surface area contributed by atoms with Gasteiger partial charge in [0.25, 0.3) is 0 Å². The average Bonchev–Trinajstić information content (AvgIpc) is 2.59. The van der Waals surface area contributed by atoms with Gasteiger partial charge in [0, 0.05) is 0 Å². The van der Waals surface area contributed by atoms with Crippen molar-refractivity contribution in [1.82, 2.24) is 5.32 Å². The highest BCUT2D eigenvalue weighted by atomic mass is 16.5. The average molecular weight is 217 g/mol. The van der Waals surface area contributed by atoms with Crippen LogP contribution in [0.5, 0.6) is 5.75 Å². The van der Waals surface area contributed by atoms with E-state index in [4.69, 9.17) is 4.74 Å².